The fourth-order valence-electron chi connectivity index (χ4n) is 2.10. The fourth-order valence-corrected chi connectivity index (χ4v) is 2.66. The number of ether oxygens (including phenoxy) is 2. The van der Waals surface area contributed by atoms with Crippen LogP contribution in [0, 0.1) is 5.92 Å². The topological polar surface area (TPSA) is 73.6 Å². The molecule has 3 rings (SSSR count). The highest BCUT2D eigenvalue weighted by Gasteiger charge is 2.28. The third kappa shape index (κ3) is 3.19. The maximum atomic E-state index is 12.1. The highest BCUT2D eigenvalue weighted by atomic mass is 79.9. The van der Waals surface area contributed by atoms with E-state index in [4.69, 9.17) is 15.2 Å². The molecule has 1 saturated carbocycles. The number of amides is 1. The second-order valence-electron chi connectivity index (χ2n) is 4.90. The van der Waals surface area contributed by atoms with Crippen molar-refractivity contribution in [2.75, 3.05) is 13.3 Å². The lowest BCUT2D eigenvalue weighted by Gasteiger charge is -2.12. The van der Waals surface area contributed by atoms with Crippen molar-refractivity contribution in [2.45, 2.75) is 18.9 Å². The number of carbonyl (C=O) groups is 1. The van der Waals surface area contributed by atoms with Crippen LogP contribution in [0.4, 0.5) is 0 Å². The van der Waals surface area contributed by atoms with Crippen molar-refractivity contribution in [1.29, 1.82) is 0 Å². The Kier molecular flexibility index (Phi) is 4.78. The summed E-state index contributed by atoms with van der Waals surface area (Å²) in [4.78, 5) is 12.1. The summed E-state index contributed by atoms with van der Waals surface area (Å²) in [6.07, 6.45) is 2.35. The second kappa shape index (κ2) is 6.20. The van der Waals surface area contributed by atoms with Crippen LogP contribution in [-0.4, -0.2) is 25.3 Å². The number of fused-ring (bicyclic) bond motifs is 1. The molecule has 0 radical (unpaired) electrons. The van der Waals surface area contributed by atoms with Gasteiger partial charge >= 0.3 is 0 Å². The first-order valence-corrected chi connectivity index (χ1v) is 7.07. The Hall–Kier alpha value is -0.980. The summed E-state index contributed by atoms with van der Waals surface area (Å²) in [5, 5.41) is 2.86. The molecular weight excluding hydrogens is 348 g/mol. The van der Waals surface area contributed by atoms with Gasteiger partial charge in [0, 0.05) is 18.2 Å². The summed E-state index contributed by atoms with van der Waals surface area (Å²) in [7, 11) is 0. The molecule has 1 aliphatic heterocycles. The zero-order valence-electron chi connectivity index (χ0n) is 10.7. The predicted octanol–water partition coefficient (Wildman–Crippen LogP) is 2.07. The minimum atomic E-state index is -0.143. The number of carbonyl (C=O) groups excluding carboxylic acids is 1. The van der Waals surface area contributed by atoms with Crippen LogP contribution in [-0.2, 0) is 0 Å². The molecule has 7 heteroatoms. The monoisotopic (exact) mass is 362 g/mol. The minimum Gasteiger partial charge on any atom is -0.454 e. The molecule has 0 spiro atoms. The molecule has 1 aromatic rings. The molecule has 0 aromatic heterocycles. The second-order valence-corrected chi connectivity index (χ2v) is 5.76. The lowest BCUT2D eigenvalue weighted by Crippen LogP contribution is -2.38. The van der Waals surface area contributed by atoms with E-state index < -0.39 is 0 Å². The van der Waals surface area contributed by atoms with E-state index in [1.807, 2.05) is 0 Å². The molecule has 3 N–H and O–H groups in total. The normalized spacial score (nSPS) is 17.3. The molecular formula is C13H16BrClN2O3. The van der Waals surface area contributed by atoms with Crippen molar-refractivity contribution < 1.29 is 14.3 Å². The summed E-state index contributed by atoms with van der Waals surface area (Å²) in [5.41, 5.74) is 6.50. The molecule has 5 nitrogen and oxygen atoms in total. The number of benzene rings is 1. The van der Waals surface area contributed by atoms with Gasteiger partial charge in [0.2, 0.25) is 6.79 Å². The summed E-state index contributed by atoms with van der Waals surface area (Å²) >= 11 is 3.37. The molecule has 1 unspecified atom stereocenters. The van der Waals surface area contributed by atoms with Crippen molar-refractivity contribution in [2.24, 2.45) is 11.7 Å². The third-order valence-corrected chi connectivity index (χ3v) is 4.00. The number of rotatable bonds is 4. The molecule has 0 bridgehead atoms. The van der Waals surface area contributed by atoms with Crippen LogP contribution in [0.2, 0.25) is 0 Å². The molecule has 0 saturated heterocycles. The van der Waals surface area contributed by atoms with Crippen molar-refractivity contribution in [3.8, 4) is 11.5 Å². The zero-order chi connectivity index (χ0) is 13.4. The Balaban J connectivity index is 0.00000147. The molecule has 1 fully saturated rings. The fraction of sp³-hybridized carbons (Fsp3) is 0.462. The van der Waals surface area contributed by atoms with Gasteiger partial charge in [0.15, 0.2) is 11.5 Å². The molecule has 1 aromatic carbocycles. The van der Waals surface area contributed by atoms with Gasteiger partial charge < -0.3 is 20.5 Å². The van der Waals surface area contributed by atoms with E-state index >= 15 is 0 Å². The van der Waals surface area contributed by atoms with Crippen LogP contribution < -0.4 is 20.5 Å². The number of hydrogen-bond acceptors (Lipinski definition) is 4. The predicted molar refractivity (Wildman–Crippen MR) is 80.5 cm³/mol. The molecule has 110 valence electrons. The standard InChI is InChI=1S/C13H15BrN2O3.ClH/c14-9-3-8(4-11-12(9)19-6-18-11)13(17)16-5-10(15)7-1-2-7;/h3-4,7,10H,1-2,5-6,15H2,(H,16,17);1H. The van der Waals surface area contributed by atoms with Gasteiger partial charge in [0.25, 0.3) is 5.91 Å². The first-order valence-electron chi connectivity index (χ1n) is 6.28. The Bertz CT molecular complexity index is 523. The van der Waals surface area contributed by atoms with Crippen molar-refractivity contribution in [3.63, 3.8) is 0 Å². The van der Waals surface area contributed by atoms with E-state index in [-0.39, 0.29) is 31.1 Å². The molecule has 1 amide bonds. The summed E-state index contributed by atoms with van der Waals surface area (Å²) in [6, 6.07) is 3.47. The quantitative estimate of drug-likeness (QED) is 0.859. The molecule has 2 aliphatic rings. The Morgan fingerprint density at radius 2 is 2.20 bits per heavy atom. The van der Waals surface area contributed by atoms with E-state index in [1.165, 1.54) is 12.8 Å². The molecule has 1 aliphatic carbocycles. The Morgan fingerprint density at radius 1 is 1.45 bits per heavy atom. The lowest BCUT2D eigenvalue weighted by molar-refractivity contribution is 0.0950. The van der Waals surface area contributed by atoms with E-state index in [0.29, 0.717) is 29.5 Å². The van der Waals surface area contributed by atoms with Crippen LogP contribution in [0.5, 0.6) is 11.5 Å². The summed E-state index contributed by atoms with van der Waals surface area (Å²) in [5.74, 6) is 1.66. The highest BCUT2D eigenvalue weighted by Crippen LogP contribution is 2.40. The van der Waals surface area contributed by atoms with Gasteiger partial charge in [-0.25, -0.2) is 0 Å². The van der Waals surface area contributed by atoms with Crippen LogP contribution >= 0.6 is 28.3 Å². The van der Waals surface area contributed by atoms with Crippen LogP contribution in [0.15, 0.2) is 16.6 Å². The number of hydrogen-bond donors (Lipinski definition) is 2. The minimum absolute atomic E-state index is 0. The average Bonchev–Trinajstić information content (AvgIpc) is 3.14. The van der Waals surface area contributed by atoms with Gasteiger partial charge in [0.1, 0.15) is 0 Å². The van der Waals surface area contributed by atoms with Crippen LogP contribution in [0.3, 0.4) is 0 Å². The van der Waals surface area contributed by atoms with Crippen LogP contribution in [0.25, 0.3) is 0 Å². The summed E-state index contributed by atoms with van der Waals surface area (Å²) in [6.45, 7) is 0.696. The Morgan fingerprint density at radius 3 is 2.90 bits per heavy atom. The van der Waals surface area contributed by atoms with Crippen molar-refractivity contribution in [3.05, 3.63) is 22.2 Å². The molecule has 1 atom stereocenters. The Labute approximate surface area is 131 Å². The first kappa shape index (κ1) is 15.4. The van der Waals surface area contributed by atoms with Gasteiger partial charge in [-0.15, -0.1) is 12.4 Å². The summed E-state index contributed by atoms with van der Waals surface area (Å²) < 4.78 is 11.3. The maximum Gasteiger partial charge on any atom is 0.251 e. The van der Waals surface area contributed by atoms with Gasteiger partial charge in [-0.3, -0.25) is 4.79 Å². The van der Waals surface area contributed by atoms with Gasteiger partial charge in [-0.2, -0.15) is 0 Å². The first-order chi connectivity index (χ1) is 9.15. The van der Waals surface area contributed by atoms with Crippen LogP contribution in [0.1, 0.15) is 23.2 Å². The van der Waals surface area contributed by atoms with Crippen molar-refractivity contribution >= 4 is 34.2 Å². The molecule has 1 heterocycles. The maximum absolute atomic E-state index is 12.1. The number of nitrogens with two attached hydrogens (primary N) is 1. The number of halogens is 2. The highest BCUT2D eigenvalue weighted by molar-refractivity contribution is 9.10. The largest absolute Gasteiger partial charge is 0.454 e. The van der Waals surface area contributed by atoms with Gasteiger partial charge in [-0.1, -0.05) is 0 Å². The lowest BCUT2D eigenvalue weighted by atomic mass is 10.1. The van der Waals surface area contributed by atoms with Crippen molar-refractivity contribution in [1.82, 2.24) is 5.32 Å². The van der Waals surface area contributed by atoms with Gasteiger partial charge in [-0.05, 0) is 46.8 Å². The number of nitrogens with one attached hydrogen (secondary N) is 1. The van der Waals surface area contributed by atoms with E-state index in [1.54, 1.807) is 12.1 Å². The average molecular weight is 364 g/mol. The van der Waals surface area contributed by atoms with E-state index in [2.05, 4.69) is 21.2 Å². The zero-order valence-corrected chi connectivity index (χ0v) is 13.1. The van der Waals surface area contributed by atoms with E-state index in [9.17, 15) is 4.79 Å². The van der Waals surface area contributed by atoms with Gasteiger partial charge in [0.05, 0.1) is 4.47 Å². The SMILES string of the molecule is Cl.NC(CNC(=O)c1cc(Br)c2c(c1)OCO2)C1CC1. The molecule has 20 heavy (non-hydrogen) atoms. The third-order valence-electron chi connectivity index (χ3n) is 3.42. The van der Waals surface area contributed by atoms with E-state index in [0.717, 1.165) is 4.47 Å². The smallest absolute Gasteiger partial charge is 0.251 e.